The number of carbonyl (C=O) groups is 2. The Balaban J connectivity index is 2.46. The number of urea groups is 1. The third kappa shape index (κ3) is 2.80. The van der Waals surface area contributed by atoms with Crippen molar-refractivity contribution in [3.63, 3.8) is 0 Å². The highest BCUT2D eigenvalue weighted by atomic mass is 16.5. The maximum atomic E-state index is 12.1. The molecule has 0 bridgehead atoms. The highest BCUT2D eigenvalue weighted by Crippen LogP contribution is 2.27. The lowest BCUT2D eigenvalue weighted by Gasteiger charge is -2.28. The number of carbonyl (C=O) groups excluding carboxylic acids is 2. The van der Waals surface area contributed by atoms with Crippen molar-refractivity contribution in [3.05, 3.63) is 47.2 Å². The first-order chi connectivity index (χ1) is 9.67. The van der Waals surface area contributed by atoms with E-state index in [9.17, 15) is 14.7 Å². The van der Waals surface area contributed by atoms with Crippen LogP contribution in [0, 0.1) is 0 Å². The van der Waals surface area contributed by atoms with Crippen molar-refractivity contribution in [2.24, 2.45) is 0 Å². The zero-order valence-electron chi connectivity index (χ0n) is 11.1. The average molecular weight is 276 g/mol. The van der Waals surface area contributed by atoms with Gasteiger partial charge in [-0.05, 0) is 12.5 Å². The number of benzene rings is 1. The van der Waals surface area contributed by atoms with Crippen molar-refractivity contribution < 1.29 is 19.4 Å². The van der Waals surface area contributed by atoms with Crippen LogP contribution in [-0.4, -0.2) is 30.3 Å². The summed E-state index contributed by atoms with van der Waals surface area (Å²) in [6.45, 7) is 1.48. The van der Waals surface area contributed by atoms with Crippen LogP contribution in [0.1, 0.15) is 18.5 Å². The van der Waals surface area contributed by atoms with Crippen LogP contribution in [0.3, 0.4) is 0 Å². The molecule has 0 saturated carbocycles. The summed E-state index contributed by atoms with van der Waals surface area (Å²) in [4.78, 5) is 23.7. The van der Waals surface area contributed by atoms with E-state index < -0.39 is 24.6 Å². The topological polar surface area (TPSA) is 87.7 Å². The Bertz CT molecular complexity index is 539. The van der Waals surface area contributed by atoms with E-state index in [1.54, 1.807) is 19.1 Å². The lowest BCUT2D eigenvalue weighted by atomic mass is 9.95. The molecular weight excluding hydrogens is 260 g/mol. The number of rotatable bonds is 4. The molecule has 1 aliphatic rings. The van der Waals surface area contributed by atoms with Crippen molar-refractivity contribution in [3.8, 4) is 0 Å². The molecule has 0 radical (unpaired) electrons. The third-order valence-corrected chi connectivity index (χ3v) is 2.94. The fourth-order valence-corrected chi connectivity index (χ4v) is 2.09. The summed E-state index contributed by atoms with van der Waals surface area (Å²) in [6.07, 6.45) is 0. The fraction of sp³-hybridized carbons (Fsp3) is 0.286. The summed E-state index contributed by atoms with van der Waals surface area (Å²) in [6, 6.07) is 7.96. The molecule has 3 N–H and O–H groups in total. The van der Waals surface area contributed by atoms with Gasteiger partial charge in [0.05, 0.1) is 30.5 Å². The minimum absolute atomic E-state index is 0.168. The summed E-state index contributed by atoms with van der Waals surface area (Å²) in [5, 5.41) is 14.5. The Morgan fingerprint density at radius 2 is 2.05 bits per heavy atom. The van der Waals surface area contributed by atoms with E-state index in [4.69, 9.17) is 4.74 Å². The van der Waals surface area contributed by atoms with Gasteiger partial charge in [-0.2, -0.15) is 0 Å². The summed E-state index contributed by atoms with van der Waals surface area (Å²) in [5.74, 6) is -0.557. The standard InChI is InChI=1S/C14H16N2O4/c1-2-20-13(18)11-10(8-17)15-14(19)16-12(11)9-6-4-3-5-7-9/h3-7,12,17H,2,8H2,1H3,(H2,15,16,19). The highest BCUT2D eigenvalue weighted by molar-refractivity contribution is 5.95. The SMILES string of the molecule is CCOC(=O)C1=C(CO)NC(=O)NC1c1ccccc1. The smallest absolute Gasteiger partial charge is 0.338 e. The third-order valence-electron chi connectivity index (χ3n) is 2.94. The minimum atomic E-state index is -0.633. The van der Waals surface area contributed by atoms with Crippen LogP contribution in [0.25, 0.3) is 0 Å². The van der Waals surface area contributed by atoms with E-state index in [-0.39, 0.29) is 17.9 Å². The van der Waals surface area contributed by atoms with Crippen LogP contribution in [0.15, 0.2) is 41.6 Å². The first-order valence-corrected chi connectivity index (χ1v) is 6.30. The monoisotopic (exact) mass is 276 g/mol. The molecule has 2 rings (SSSR count). The molecule has 0 fully saturated rings. The molecule has 2 amide bonds. The van der Waals surface area contributed by atoms with Gasteiger partial charge in [0.15, 0.2) is 0 Å². The molecule has 1 unspecified atom stereocenters. The van der Waals surface area contributed by atoms with Crippen molar-refractivity contribution >= 4 is 12.0 Å². The van der Waals surface area contributed by atoms with Crippen molar-refractivity contribution in [1.29, 1.82) is 0 Å². The zero-order chi connectivity index (χ0) is 14.5. The van der Waals surface area contributed by atoms with E-state index in [0.717, 1.165) is 5.56 Å². The summed E-state index contributed by atoms with van der Waals surface area (Å²) >= 11 is 0. The fourth-order valence-electron chi connectivity index (χ4n) is 2.09. The second-order valence-electron chi connectivity index (χ2n) is 4.21. The van der Waals surface area contributed by atoms with E-state index in [1.807, 2.05) is 18.2 Å². The van der Waals surface area contributed by atoms with Crippen LogP contribution < -0.4 is 10.6 Å². The van der Waals surface area contributed by atoms with Crippen LogP contribution in [0.4, 0.5) is 4.79 Å². The zero-order valence-corrected chi connectivity index (χ0v) is 11.1. The van der Waals surface area contributed by atoms with Crippen molar-refractivity contribution in [2.75, 3.05) is 13.2 Å². The normalized spacial score (nSPS) is 18.3. The molecule has 1 aromatic carbocycles. The van der Waals surface area contributed by atoms with E-state index in [2.05, 4.69) is 10.6 Å². The second kappa shape index (κ2) is 6.21. The van der Waals surface area contributed by atoms with Gasteiger partial charge in [-0.3, -0.25) is 0 Å². The maximum absolute atomic E-state index is 12.1. The number of hydrogen-bond acceptors (Lipinski definition) is 4. The molecule has 6 nitrogen and oxygen atoms in total. The molecule has 6 heteroatoms. The lowest BCUT2D eigenvalue weighted by molar-refractivity contribution is -0.139. The van der Waals surface area contributed by atoms with Gasteiger partial charge in [0.25, 0.3) is 0 Å². The Labute approximate surface area is 116 Å². The number of esters is 1. The summed E-state index contributed by atoms with van der Waals surface area (Å²) in [7, 11) is 0. The maximum Gasteiger partial charge on any atom is 0.338 e. The quantitative estimate of drug-likeness (QED) is 0.711. The van der Waals surface area contributed by atoms with Gasteiger partial charge < -0.3 is 20.5 Å². The van der Waals surface area contributed by atoms with Crippen LogP contribution in [0.2, 0.25) is 0 Å². The molecule has 1 aliphatic heterocycles. The lowest BCUT2D eigenvalue weighted by Crippen LogP contribution is -2.46. The Hall–Kier alpha value is -2.34. The van der Waals surface area contributed by atoms with Crippen molar-refractivity contribution in [1.82, 2.24) is 10.6 Å². The summed E-state index contributed by atoms with van der Waals surface area (Å²) in [5.41, 5.74) is 1.14. The van der Waals surface area contributed by atoms with Gasteiger partial charge in [-0.15, -0.1) is 0 Å². The molecule has 0 aromatic heterocycles. The van der Waals surface area contributed by atoms with Gasteiger partial charge in [0.2, 0.25) is 0 Å². The molecular formula is C14H16N2O4. The number of ether oxygens (including phenoxy) is 1. The molecule has 1 atom stereocenters. The number of aliphatic hydroxyl groups is 1. The number of nitrogens with one attached hydrogen (secondary N) is 2. The number of hydrogen-bond donors (Lipinski definition) is 3. The van der Waals surface area contributed by atoms with Crippen LogP contribution >= 0.6 is 0 Å². The molecule has 0 aliphatic carbocycles. The number of amides is 2. The summed E-state index contributed by atoms with van der Waals surface area (Å²) < 4.78 is 5.00. The van der Waals surface area contributed by atoms with E-state index in [1.165, 1.54) is 0 Å². The molecule has 1 heterocycles. The molecule has 1 aromatic rings. The average Bonchev–Trinajstić information content (AvgIpc) is 2.47. The van der Waals surface area contributed by atoms with Gasteiger partial charge >= 0.3 is 12.0 Å². The second-order valence-corrected chi connectivity index (χ2v) is 4.21. The Morgan fingerprint density at radius 3 is 2.65 bits per heavy atom. The van der Waals surface area contributed by atoms with Gasteiger partial charge in [0, 0.05) is 0 Å². The predicted molar refractivity (Wildman–Crippen MR) is 71.6 cm³/mol. The number of aliphatic hydroxyl groups excluding tert-OH is 1. The predicted octanol–water partition coefficient (Wildman–Crippen LogP) is 0.850. The minimum Gasteiger partial charge on any atom is -0.463 e. The molecule has 20 heavy (non-hydrogen) atoms. The van der Waals surface area contributed by atoms with Crippen molar-refractivity contribution in [2.45, 2.75) is 13.0 Å². The van der Waals surface area contributed by atoms with Crippen LogP contribution in [-0.2, 0) is 9.53 Å². The van der Waals surface area contributed by atoms with E-state index >= 15 is 0 Å². The Morgan fingerprint density at radius 1 is 1.35 bits per heavy atom. The first kappa shape index (κ1) is 14.1. The van der Waals surface area contributed by atoms with Crippen LogP contribution in [0.5, 0.6) is 0 Å². The highest BCUT2D eigenvalue weighted by Gasteiger charge is 2.33. The largest absolute Gasteiger partial charge is 0.463 e. The van der Waals surface area contributed by atoms with E-state index in [0.29, 0.717) is 0 Å². The van der Waals surface area contributed by atoms with Gasteiger partial charge in [0.1, 0.15) is 0 Å². The van der Waals surface area contributed by atoms with Gasteiger partial charge in [-0.1, -0.05) is 30.3 Å². The Kier molecular flexibility index (Phi) is 4.37. The molecule has 0 saturated heterocycles. The molecule has 0 spiro atoms. The molecule has 106 valence electrons. The van der Waals surface area contributed by atoms with Gasteiger partial charge in [-0.25, -0.2) is 9.59 Å². The first-order valence-electron chi connectivity index (χ1n) is 6.30.